The van der Waals surface area contributed by atoms with Crippen LogP contribution in [0.3, 0.4) is 0 Å². The summed E-state index contributed by atoms with van der Waals surface area (Å²) in [6.45, 7) is 10.2. The van der Waals surface area contributed by atoms with Gasteiger partial charge in [0.05, 0.1) is 36.7 Å². The molecule has 0 unspecified atom stereocenters. The van der Waals surface area contributed by atoms with E-state index in [1.54, 1.807) is 59.8 Å². The van der Waals surface area contributed by atoms with Crippen molar-refractivity contribution in [2.45, 2.75) is 46.6 Å². The SMILES string of the molecule is Br.CCOc1cc2c(c(F)c1OCC)C(=N)N(CC(=O)c1cc3c(c(C(C)(C)C)c1)OCC(=O)c1cccn1-3)C2. The lowest BCUT2D eigenvalue weighted by atomic mass is 9.84. The molecule has 212 valence electrons. The maximum Gasteiger partial charge on any atom is 0.216 e. The molecule has 8 nitrogen and oxygen atoms in total. The van der Waals surface area contributed by atoms with E-state index in [1.165, 1.54) is 0 Å². The number of rotatable bonds is 7. The molecule has 0 radical (unpaired) electrons. The van der Waals surface area contributed by atoms with Crippen molar-refractivity contribution in [1.29, 1.82) is 5.41 Å². The first-order chi connectivity index (χ1) is 18.5. The van der Waals surface area contributed by atoms with E-state index in [2.05, 4.69) is 0 Å². The molecule has 5 rings (SSSR count). The maximum absolute atomic E-state index is 15.5. The summed E-state index contributed by atoms with van der Waals surface area (Å²) in [5.74, 6) is -0.278. The Kier molecular flexibility index (Phi) is 8.12. The van der Waals surface area contributed by atoms with Crippen LogP contribution in [0.4, 0.5) is 4.39 Å². The van der Waals surface area contributed by atoms with Crippen LogP contribution in [0.2, 0.25) is 0 Å². The minimum Gasteiger partial charge on any atom is -0.490 e. The van der Waals surface area contributed by atoms with Gasteiger partial charge in [-0.1, -0.05) is 20.8 Å². The third-order valence-corrected chi connectivity index (χ3v) is 6.95. The Labute approximate surface area is 243 Å². The Bertz CT molecular complexity index is 1510. The number of carbonyl (C=O) groups excluding carboxylic acids is 2. The Morgan fingerprint density at radius 1 is 1.15 bits per heavy atom. The monoisotopic (exact) mass is 613 g/mol. The highest BCUT2D eigenvalue weighted by molar-refractivity contribution is 8.93. The van der Waals surface area contributed by atoms with E-state index < -0.39 is 5.82 Å². The predicted molar refractivity (Wildman–Crippen MR) is 155 cm³/mol. The molecule has 0 bridgehead atoms. The molecule has 2 aliphatic heterocycles. The minimum atomic E-state index is -0.653. The molecule has 3 heterocycles. The van der Waals surface area contributed by atoms with E-state index in [9.17, 15) is 9.59 Å². The first-order valence-corrected chi connectivity index (χ1v) is 13.0. The summed E-state index contributed by atoms with van der Waals surface area (Å²) >= 11 is 0. The van der Waals surface area contributed by atoms with Gasteiger partial charge >= 0.3 is 0 Å². The molecule has 0 aliphatic carbocycles. The molecular formula is C30H33BrFN3O5. The number of carbonyl (C=O) groups is 2. The summed E-state index contributed by atoms with van der Waals surface area (Å²) in [6.07, 6.45) is 1.78. The topological polar surface area (TPSA) is 93.9 Å². The van der Waals surface area contributed by atoms with E-state index in [4.69, 9.17) is 19.6 Å². The number of ether oxygens (including phenoxy) is 3. The molecular weight excluding hydrogens is 581 g/mol. The summed E-state index contributed by atoms with van der Waals surface area (Å²) in [5, 5.41) is 8.68. The van der Waals surface area contributed by atoms with E-state index in [0.717, 1.165) is 5.56 Å². The van der Waals surface area contributed by atoms with Gasteiger partial charge in [0.15, 0.2) is 29.7 Å². The fraction of sp³-hybridized carbons (Fsp3) is 0.367. The zero-order chi connectivity index (χ0) is 28.1. The fourth-order valence-corrected chi connectivity index (χ4v) is 5.12. The quantitative estimate of drug-likeness (QED) is 0.334. The van der Waals surface area contributed by atoms with Crippen molar-refractivity contribution in [3.05, 3.63) is 70.3 Å². The fourth-order valence-electron chi connectivity index (χ4n) is 5.12. The summed E-state index contributed by atoms with van der Waals surface area (Å²) in [5.41, 5.74) is 2.63. The number of fused-ring (bicyclic) bond motifs is 4. The molecule has 2 aliphatic rings. The third-order valence-electron chi connectivity index (χ3n) is 6.95. The number of hydrogen-bond acceptors (Lipinski definition) is 6. The molecule has 0 spiro atoms. The molecule has 2 aromatic carbocycles. The first kappa shape index (κ1) is 29.3. The van der Waals surface area contributed by atoms with Crippen molar-refractivity contribution in [3.8, 4) is 22.9 Å². The van der Waals surface area contributed by atoms with Crippen molar-refractivity contribution in [2.24, 2.45) is 0 Å². The minimum absolute atomic E-state index is 0. The molecule has 40 heavy (non-hydrogen) atoms. The first-order valence-electron chi connectivity index (χ1n) is 13.0. The van der Waals surface area contributed by atoms with Crippen molar-refractivity contribution < 1.29 is 28.2 Å². The molecule has 0 amide bonds. The number of benzene rings is 2. The Balaban J connectivity index is 0.00000370. The number of Topliss-reactive ketones (excluding diaryl/α,β-unsaturated/α-hetero) is 2. The van der Waals surface area contributed by atoms with Crippen molar-refractivity contribution in [3.63, 3.8) is 0 Å². The maximum atomic E-state index is 15.5. The summed E-state index contributed by atoms with van der Waals surface area (Å²) in [7, 11) is 0. The lowest BCUT2D eigenvalue weighted by molar-refractivity contribution is 0.0918. The van der Waals surface area contributed by atoms with Gasteiger partial charge in [-0.15, -0.1) is 17.0 Å². The standard InChI is InChI=1S/C30H32FN3O5.BrH/c1-6-37-24-13-18-14-33(29(32)25(18)26(31)28(24)38-7-2)15-22(35)17-11-19(30(3,4)5)27-21(12-17)34-10-8-9-20(34)23(36)16-39-27;/h8-13,32H,6-7,14-16H2,1-5H3;1H. The van der Waals surface area contributed by atoms with Crippen LogP contribution < -0.4 is 14.2 Å². The Morgan fingerprint density at radius 3 is 2.55 bits per heavy atom. The molecule has 1 N–H and O–H groups in total. The lowest BCUT2D eigenvalue weighted by Crippen LogP contribution is -2.31. The molecule has 0 fully saturated rings. The van der Waals surface area contributed by atoms with Gasteiger partial charge in [-0.3, -0.25) is 15.0 Å². The van der Waals surface area contributed by atoms with Crippen LogP contribution in [-0.4, -0.2) is 53.2 Å². The number of amidine groups is 1. The van der Waals surface area contributed by atoms with E-state index in [0.29, 0.717) is 34.9 Å². The highest BCUT2D eigenvalue weighted by Gasteiger charge is 2.34. The zero-order valence-electron chi connectivity index (χ0n) is 23.2. The van der Waals surface area contributed by atoms with E-state index in [1.807, 2.05) is 20.8 Å². The highest BCUT2D eigenvalue weighted by Crippen LogP contribution is 2.41. The van der Waals surface area contributed by atoms with Gasteiger partial charge in [-0.2, -0.15) is 0 Å². The normalized spacial score (nSPS) is 14.0. The molecule has 3 aromatic rings. The number of ketones is 2. The summed E-state index contributed by atoms with van der Waals surface area (Å²) < 4.78 is 34.3. The third kappa shape index (κ3) is 5.00. The Hall–Kier alpha value is -3.66. The average molecular weight is 615 g/mol. The van der Waals surface area contributed by atoms with Gasteiger partial charge in [-0.25, -0.2) is 4.39 Å². The Morgan fingerprint density at radius 2 is 1.88 bits per heavy atom. The highest BCUT2D eigenvalue weighted by atomic mass is 79.9. The van der Waals surface area contributed by atoms with Crippen molar-refractivity contribution >= 4 is 34.4 Å². The number of aromatic nitrogens is 1. The van der Waals surface area contributed by atoms with Gasteiger partial charge in [-0.05, 0) is 55.2 Å². The molecule has 10 heteroatoms. The van der Waals surface area contributed by atoms with Crippen LogP contribution in [0.25, 0.3) is 5.69 Å². The number of hydrogen-bond donors (Lipinski definition) is 1. The summed E-state index contributed by atoms with van der Waals surface area (Å²) in [6, 6.07) is 8.74. The van der Waals surface area contributed by atoms with E-state index >= 15 is 4.39 Å². The van der Waals surface area contributed by atoms with Gasteiger partial charge in [0.1, 0.15) is 11.6 Å². The molecule has 0 atom stereocenters. The van der Waals surface area contributed by atoms with Crippen LogP contribution in [0.15, 0.2) is 36.5 Å². The molecule has 0 saturated heterocycles. The lowest BCUT2D eigenvalue weighted by Gasteiger charge is -2.25. The predicted octanol–water partition coefficient (Wildman–Crippen LogP) is 5.89. The van der Waals surface area contributed by atoms with Gasteiger partial charge in [0, 0.05) is 23.9 Å². The zero-order valence-corrected chi connectivity index (χ0v) is 24.9. The largest absolute Gasteiger partial charge is 0.490 e. The van der Waals surface area contributed by atoms with Crippen LogP contribution in [0.5, 0.6) is 17.2 Å². The van der Waals surface area contributed by atoms with Crippen LogP contribution in [-0.2, 0) is 12.0 Å². The average Bonchev–Trinajstić information content (AvgIpc) is 3.46. The number of nitrogens with one attached hydrogen (secondary N) is 1. The van der Waals surface area contributed by atoms with Crippen LogP contribution in [0.1, 0.15) is 72.2 Å². The van der Waals surface area contributed by atoms with Gasteiger partial charge in [0.2, 0.25) is 5.78 Å². The summed E-state index contributed by atoms with van der Waals surface area (Å²) in [4.78, 5) is 27.9. The van der Waals surface area contributed by atoms with Gasteiger partial charge in [0.25, 0.3) is 0 Å². The second kappa shape index (κ2) is 11.1. The molecule has 1 aromatic heterocycles. The van der Waals surface area contributed by atoms with Crippen molar-refractivity contribution in [1.82, 2.24) is 9.47 Å². The number of halogens is 2. The smallest absolute Gasteiger partial charge is 0.216 e. The van der Waals surface area contributed by atoms with Crippen molar-refractivity contribution in [2.75, 3.05) is 26.4 Å². The van der Waals surface area contributed by atoms with Gasteiger partial charge < -0.3 is 23.7 Å². The second-order valence-electron chi connectivity index (χ2n) is 10.6. The van der Waals surface area contributed by atoms with E-state index in [-0.39, 0.29) is 83.2 Å². The number of nitrogens with zero attached hydrogens (tertiary/aromatic N) is 2. The molecule has 0 saturated carbocycles. The second-order valence-corrected chi connectivity index (χ2v) is 10.6. The van der Waals surface area contributed by atoms with Crippen LogP contribution in [0, 0.1) is 11.2 Å². The van der Waals surface area contributed by atoms with Crippen LogP contribution >= 0.6 is 17.0 Å².